The Bertz CT molecular complexity index is 896. The topological polar surface area (TPSA) is 25.2 Å². The predicted octanol–water partition coefficient (Wildman–Crippen LogP) is 5.22. The Morgan fingerprint density at radius 3 is 2.48 bits per heavy atom. The second kappa shape index (κ2) is 7.27. The van der Waals surface area contributed by atoms with E-state index in [2.05, 4.69) is 70.6 Å². The van der Waals surface area contributed by atoms with Crippen LogP contribution in [0.25, 0.3) is 16.7 Å². The minimum atomic E-state index is 0.248. The lowest BCUT2D eigenvalue weighted by Gasteiger charge is -2.07. The number of pyridine rings is 1. The Balaban J connectivity index is 1.43. The van der Waals surface area contributed by atoms with Crippen molar-refractivity contribution >= 4 is 11.8 Å². The van der Waals surface area contributed by atoms with Gasteiger partial charge in [0.25, 0.3) is 0 Å². The van der Waals surface area contributed by atoms with Crippen LogP contribution >= 0.6 is 0 Å². The minimum absolute atomic E-state index is 0.248. The summed E-state index contributed by atoms with van der Waals surface area (Å²) in [7, 11) is 0. The van der Waals surface area contributed by atoms with Gasteiger partial charge in [0.2, 0.25) is 0 Å². The van der Waals surface area contributed by atoms with E-state index < -0.39 is 0 Å². The maximum absolute atomic E-state index is 4.63. The normalized spacial score (nSPS) is 16.0. The van der Waals surface area contributed by atoms with E-state index in [1.165, 1.54) is 16.7 Å². The van der Waals surface area contributed by atoms with Gasteiger partial charge >= 0.3 is 0 Å². The molecule has 1 aliphatic heterocycles. The van der Waals surface area contributed by atoms with Crippen molar-refractivity contribution in [3.63, 3.8) is 0 Å². The first kappa shape index (κ1) is 15.5. The number of aromatic nitrogens is 1. The molecule has 0 bridgehead atoms. The molecular formula is C23H20N2. The van der Waals surface area contributed by atoms with Gasteiger partial charge in [-0.3, -0.25) is 9.98 Å². The minimum Gasteiger partial charge on any atom is -0.285 e. The number of hydrogen-bond acceptors (Lipinski definition) is 2. The fourth-order valence-electron chi connectivity index (χ4n) is 3.16. The maximum atomic E-state index is 4.63. The van der Waals surface area contributed by atoms with Crippen molar-refractivity contribution in [1.29, 1.82) is 0 Å². The molecule has 0 fully saturated rings. The average Bonchev–Trinajstić information content (AvgIpc) is 3.17. The molecule has 0 radical (unpaired) electrons. The summed E-state index contributed by atoms with van der Waals surface area (Å²) in [5.74, 6) is 0. The summed E-state index contributed by atoms with van der Waals surface area (Å²) < 4.78 is 0. The fraction of sp³-hybridized carbons (Fsp3) is 0.130. The number of nitrogens with zero attached hydrogens (tertiary/aromatic N) is 2. The van der Waals surface area contributed by atoms with Gasteiger partial charge in [-0.1, -0.05) is 60.7 Å². The highest BCUT2D eigenvalue weighted by Crippen LogP contribution is 2.23. The van der Waals surface area contributed by atoms with Crippen LogP contribution in [0.15, 0.2) is 90.1 Å². The molecule has 0 saturated heterocycles. The van der Waals surface area contributed by atoms with Gasteiger partial charge in [0, 0.05) is 18.0 Å². The summed E-state index contributed by atoms with van der Waals surface area (Å²) >= 11 is 0. The van der Waals surface area contributed by atoms with E-state index in [1.807, 2.05) is 30.6 Å². The van der Waals surface area contributed by atoms with E-state index in [-0.39, 0.29) is 6.04 Å². The van der Waals surface area contributed by atoms with E-state index in [0.717, 1.165) is 24.1 Å². The molecule has 0 amide bonds. The number of rotatable bonds is 5. The van der Waals surface area contributed by atoms with E-state index in [0.29, 0.717) is 0 Å². The first-order valence-electron chi connectivity index (χ1n) is 8.69. The molecule has 0 saturated carbocycles. The van der Waals surface area contributed by atoms with Crippen LogP contribution in [0.3, 0.4) is 0 Å². The van der Waals surface area contributed by atoms with Gasteiger partial charge in [-0.2, -0.15) is 0 Å². The molecule has 1 aliphatic rings. The number of allylic oxidation sites excluding steroid dienone is 1. The molecular weight excluding hydrogens is 304 g/mol. The van der Waals surface area contributed by atoms with Crippen molar-refractivity contribution in [3.05, 3.63) is 96.3 Å². The van der Waals surface area contributed by atoms with Gasteiger partial charge in [0.05, 0.1) is 11.7 Å². The van der Waals surface area contributed by atoms with Crippen LogP contribution in [0, 0.1) is 0 Å². The lowest BCUT2D eigenvalue weighted by Crippen LogP contribution is -2.00. The largest absolute Gasteiger partial charge is 0.285 e. The van der Waals surface area contributed by atoms with Crippen molar-refractivity contribution in [3.8, 4) is 11.1 Å². The molecule has 4 rings (SSSR count). The maximum Gasteiger partial charge on any atom is 0.0714 e. The van der Waals surface area contributed by atoms with Crippen LogP contribution in [0.4, 0.5) is 0 Å². The summed E-state index contributed by atoms with van der Waals surface area (Å²) in [6, 6.07) is 25.6. The summed E-state index contributed by atoms with van der Waals surface area (Å²) in [5, 5.41) is 0. The van der Waals surface area contributed by atoms with Crippen molar-refractivity contribution in [2.75, 3.05) is 0 Å². The Morgan fingerprint density at radius 1 is 0.800 bits per heavy atom. The van der Waals surface area contributed by atoms with Gasteiger partial charge < -0.3 is 0 Å². The highest BCUT2D eigenvalue weighted by Gasteiger charge is 2.13. The highest BCUT2D eigenvalue weighted by atomic mass is 14.8. The predicted molar refractivity (Wildman–Crippen MR) is 105 cm³/mol. The van der Waals surface area contributed by atoms with Crippen LogP contribution in [-0.2, 0) is 6.42 Å². The number of aliphatic imine (C=N–C) groups is 1. The van der Waals surface area contributed by atoms with Crippen LogP contribution in [0.2, 0.25) is 0 Å². The molecule has 0 spiro atoms. The van der Waals surface area contributed by atoms with Crippen LogP contribution in [0.5, 0.6) is 0 Å². The molecule has 0 N–H and O–H groups in total. The summed E-state index contributed by atoms with van der Waals surface area (Å²) in [6.07, 6.45) is 8.04. The Morgan fingerprint density at radius 2 is 1.64 bits per heavy atom. The molecule has 2 nitrogen and oxygen atoms in total. The van der Waals surface area contributed by atoms with Crippen molar-refractivity contribution < 1.29 is 0 Å². The van der Waals surface area contributed by atoms with Crippen LogP contribution in [-0.4, -0.2) is 17.2 Å². The fourth-order valence-corrected chi connectivity index (χ4v) is 3.16. The van der Waals surface area contributed by atoms with Crippen LogP contribution in [0.1, 0.15) is 17.7 Å². The standard InChI is InChI=1S/C23H20N2/c1-2-8-19(9-3-1)20-10-6-7-18(15-20)12-13-22-16-21(17-25-22)23-11-4-5-14-24-23/h1-11,14-17,22H,12-13H2. The van der Waals surface area contributed by atoms with Crippen molar-refractivity contribution in [2.24, 2.45) is 4.99 Å². The third kappa shape index (κ3) is 3.74. The zero-order chi connectivity index (χ0) is 16.9. The van der Waals surface area contributed by atoms with Crippen molar-refractivity contribution in [1.82, 2.24) is 4.98 Å². The lowest BCUT2D eigenvalue weighted by atomic mass is 9.99. The average molecular weight is 324 g/mol. The number of hydrogen-bond donors (Lipinski definition) is 0. The zero-order valence-corrected chi connectivity index (χ0v) is 14.0. The summed E-state index contributed by atoms with van der Waals surface area (Å²) in [6.45, 7) is 0. The van der Waals surface area contributed by atoms with Gasteiger partial charge in [0.15, 0.2) is 0 Å². The Kier molecular flexibility index (Phi) is 4.51. The molecule has 2 heterocycles. The number of aryl methyl sites for hydroxylation is 1. The quantitative estimate of drug-likeness (QED) is 0.632. The smallest absolute Gasteiger partial charge is 0.0714 e. The van der Waals surface area contributed by atoms with E-state index >= 15 is 0 Å². The Hall–Kier alpha value is -3.00. The SMILES string of the molecule is C1=NC(CCc2cccc(-c3ccccc3)c2)C=C1c1ccccn1. The molecule has 0 aliphatic carbocycles. The highest BCUT2D eigenvalue weighted by molar-refractivity contribution is 6.11. The third-order valence-electron chi connectivity index (χ3n) is 4.50. The monoisotopic (exact) mass is 324 g/mol. The van der Waals surface area contributed by atoms with E-state index in [1.54, 1.807) is 0 Å². The molecule has 3 aromatic rings. The molecule has 2 aromatic carbocycles. The summed E-state index contributed by atoms with van der Waals surface area (Å²) in [5.41, 5.74) is 6.03. The van der Waals surface area contributed by atoms with Crippen LogP contribution < -0.4 is 0 Å². The molecule has 1 unspecified atom stereocenters. The zero-order valence-electron chi connectivity index (χ0n) is 14.0. The first-order valence-corrected chi connectivity index (χ1v) is 8.69. The molecule has 1 atom stereocenters. The second-order valence-electron chi connectivity index (χ2n) is 6.29. The van der Waals surface area contributed by atoms with Gasteiger partial charge in [-0.05, 0) is 47.7 Å². The number of benzene rings is 2. The third-order valence-corrected chi connectivity index (χ3v) is 4.50. The molecule has 2 heteroatoms. The lowest BCUT2D eigenvalue weighted by molar-refractivity contribution is 0.733. The van der Waals surface area contributed by atoms with Gasteiger partial charge in [-0.25, -0.2) is 0 Å². The van der Waals surface area contributed by atoms with Crippen molar-refractivity contribution in [2.45, 2.75) is 18.9 Å². The first-order chi connectivity index (χ1) is 12.4. The Labute approximate surface area is 148 Å². The molecule has 1 aromatic heterocycles. The second-order valence-corrected chi connectivity index (χ2v) is 6.29. The van der Waals surface area contributed by atoms with E-state index in [4.69, 9.17) is 0 Å². The van der Waals surface area contributed by atoms with Gasteiger partial charge in [0.1, 0.15) is 0 Å². The molecule has 25 heavy (non-hydrogen) atoms. The summed E-state index contributed by atoms with van der Waals surface area (Å²) in [4.78, 5) is 9.03. The molecule has 122 valence electrons. The van der Waals surface area contributed by atoms with E-state index in [9.17, 15) is 0 Å². The van der Waals surface area contributed by atoms with Gasteiger partial charge in [-0.15, -0.1) is 0 Å².